The van der Waals surface area contributed by atoms with E-state index in [4.69, 9.17) is 26.3 Å². The molecule has 4 aromatic rings. The third kappa shape index (κ3) is 6.39. The summed E-state index contributed by atoms with van der Waals surface area (Å²) in [5.41, 5.74) is 2.24. The summed E-state index contributed by atoms with van der Waals surface area (Å²) in [6, 6.07) is 6.28. The Morgan fingerprint density at radius 3 is 2.50 bits per heavy atom. The zero-order valence-corrected chi connectivity index (χ0v) is 31.2. The molecule has 0 radical (unpaired) electrons. The van der Waals surface area contributed by atoms with Crippen LogP contribution in [0.1, 0.15) is 65.9 Å². The Morgan fingerprint density at radius 2 is 1.81 bits per heavy atom. The summed E-state index contributed by atoms with van der Waals surface area (Å²) in [6.07, 6.45) is 4.20. The number of aromatic amines is 1. The highest BCUT2D eigenvalue weighted by molar-refractivity contribution is 14.1. The van der Waals surface area contributed by atoms with Crippen LogP contribution in [0.5, 0.6) is 0 Å². The maximum atomic E-state index is 17.2. The number of H-pyrrole nitrogens is 1. The number of aromatic nitrogens is 4. The first-order chi connectivity index (χ1) is 22.8. The first-order valence-electron chi connectivity index (χ1n) is 16.9. The second-order valence-corrected chi connectivity index (χ2v) is 16.2. The average molecular weight is 789 g/mol. The van der Waals surface area contributed by atoms with Crippen LogP contribution in [0.2, 0.25) is 5.02 Å². The molecular weight excluding hydrogens is 746 g/mol. The van der Waals surface area contributed by atoms with E-state index in [-0.39, 0.29) is 34.8 Å². The van der Waals surface area contributed by atoms with Gasteiger partial charge < -0.3 is 24.8 Å². The summed E-state index contributed by atoms with van der Waals surface area (Å²) in [6.45, 7) is 14.6. The molecule has 7 rings (SSSR count). The van der Waals surface area contributed by atoms with Gasteiger partial charge in [0.05, 0.1) is 10.5 Å². The molecule has 0 spiro atoms. The molecule has 1 aliphatic carbocycles. The van der Waals surface area contributed by atoms with Gasteiger partial charge in [0.1, 0.15) is 20.6 Å². The molecule has 1 saturated carbocycles. The lowest BCUT2D eigenvalue weighted by molar-refractivity contribution is 0.0130. The van der Waals surface area contributed by atoms with Crippen molar-refractivity contribution in [2.45, 2.75) is 97.0 Å². The molecule has 2 N–H and O–H groups in total. The summed E-state index contributed by atoms with van der Waals surface area (Å²) in [5.74, 6) is 0.506. The molecule has 256 valence electrons. The number of hydrogen-bond acceptors (Lipinski definition) is 8. The van der Waals surface area contributed by atoms with Crippen molar-refractivity contribution in [2.24, 2.45) is 0 Å². The number of carbonyl (C=O) groups excluding carboxylic acids is 1. The van der Waals surface area contributed by atoms with E-state index in [0.29, 0.717) is 41.4 Å². The molecule has 2 atom stereocenters. The molecule has 2 saturated heterocycles. The lowest BCUT2D eigenvalue weighted by Crippen LogP contribution is -2.59. The number of carbonyl (C=O) groups is 1. The number of aryl methyl sites for hydroxylation is 1. The Kier molecular flexibility index (Phi) is 8.89. The molecule has 48 heavy (non-hydrogen) atoms. The van der Waals surface area contributed by atoms with E-state index in [1.807, 2.05) is 46.8 Å². The van der Waals surface area contributed by atoms with E-state index >= 15 is 4.39 Å². The quantitative estimate of drug-likeness (QED) is 0.198. The Bertz CT molecular complexity index is 1880. The Morgan fingerprint density at radius 1 is 1.08 bits per heavy atom. The van der Waals surface area contributed by atoms with E-state index in [2.05, 4.69) is 54.8 Å². The molecule has 4 heterocycles. The number of nitrogens with one attached hydrogen (secondary N) is 2. The fraction of sp³-hybridized carbons (Fsp3) is 0.543. The van der Waals surface area contributed by atoms with Gasteiger partial charge in [0.2, 0.25) is 5.95 Å². The van der Waals surface area contributed by atoms with Crippen LogP contribution in [0.15, 0.2) is 18.2 Å². The third-order valence-corrected chi connectivity index (χ3v) is 10.9. The summed E-state index contributed by atoms with van der Waals surface area (Å²) < 4.78 is 23.7. The number of piperazine rings is 1. The second kappa shape index (κ2) is 12.7. The van der Waals surface area contributed by atoms with Crippen LogP contribution < -0.4 is 10.2 Å². The van der Waals surface area contributed by atoms with Crippen LogP contribution >= 0.6 is 34.2 Å². The van der Waals surface area contributed by atoms with E-state index in [1.54, 1.807) is 11.0 Å². The number of anilines is 2. The van der Waals surface area contributed by atoms with Crippen LogP contribution in [0.4, 0.5) is 21.0 Å². The van der Waals surface area contributed by atoms with Crippen LogP contribution in [0.3, 0.4) is 0 Å². The number of rotatable bonds is 5. The van der Waals surface area contributed by atoms with Gasteiger partial charge in [0.15, 0.2) is 5.82 Å². The van der Waals surface area contributed by atoms with Crippen LogP contribution in [0.25, 0.3) is 32.9 Å². The van der Waals surface area contributed by atoms with E-state index in [1.165, 1.54) is 12.8 Å². The first kappa shape index (κ1) is 33.5. The number of nitrogens with zero attached hydrogens (tertiary/aromatic N) is 6. The predicted molar refractivity (Wildman–Crippen MR) is 197 cm³/mol. The number of halogens is 3. The molecule has 0 unspecified atom stereocenters. The van der Waals surface area contributed by atoms with Crippen LogP contribution in [-0.2, 0) is 4.74 Å². The minimum absolute atomic E-state index is 0.133. The van der Waals surface area contributed by atoms with Gasteiger partial charge in [-0.15, -0.1) is 0 Å². The monoisotopic (exact) mass is 788 g/mol. The largest absolute Gasteiger partial charge is 0.444 e. The van der Waals surface area contributed by atoms with Crippen LogP contribution in [-0.4, -0.2) is 92.0 Å². The predicted octanol–water partition coefficient (Wildman–Crippen LogP) is 7.75. The maximum absolute atomic E-state index is 17.2. The zero-order chi connectivity index (χ0) is 34.1. The van der Waals surface area contributed by atoms with Crippen molar-refractivity contribution < 1.29 is 13.9 Å². The highest BCUT2D eigenvalue weighted by Gasteiger charge is 2.37. The molecule has 2 aliphatic heterocycles. The summed E-state index contributed by atoms with van der Waals surface area (Å²) in [7, 11) is 0. The SMILES string of the molecule is Cc1ccc2n[nH]c(I)c2c1-c1c(Cl)cc2c(N3C[C@@H](C)N(C(=O)OC(C)(C)C)C[C@@H]3C)nc(NC3CCN(C4CC4)CC3)nc2c1F. The molecule has 3 fully saturated rings. The van der Waals surface area contributed by atoms with Crippen molar-refractivity contribution in [1.29, 1.82) is 0 Å². The van der Waals surface area contributed by atoms with Gasteiger partial charge in [-0.1, -0.05) is 17.7 Å². The van der Waals surface area contributed by atoms with Crippen LogP contribution in [0, 0.1) is 16.4 Å². The zero-order valence-electron chi connectivity index (χ0n) is 28.3. The van der Waals surface area contributed by atoms with Gasteiger partial charge in [0.25, 0.3) is 0 Å². The van der Waals surface area contributed by atoms with Crippen molar-refractivity contribution in [2.75, 3.05) is 36.4 Å². The average Bonchev–Trinajstić information content (AvgIpc) is 3.81. The Labute approximate surface area is 299 Å². The smallest absolute Gasteiger partial charge is 0.410 e. The van der Waals surface area contributed by atoms with Crippen molar-refractivity contribution in [1.82, 2.24) is 30.0 Å². The molecule has 10 nitrogen and oxygen atoms in total. The molecule has 0 bridgehead atoms. The Balaban J connectivity index is 1.32. The first-order valence-corrected chi connectivity index (χ1v) is 18.3. The normalized spacial score (nSPS) is 21.4. The van der Waals surface area contributed by atoms with Gasteiger partial charge in [-0.25, -0.2) is 14.2 Å². The van der Waals surface area contributed by atoms with Gasteiger partial charge in [-0.05, 0) is 108 Å². The fourth-order valence-corrected chi connectivity index (χ4v) is 8.17. The lowest BCUT2D eigenvalue weighted by Gasteiger charge is -2.45. The number of fused-ring (bicyclic) bond motifs is 2. The lowest BCUT2D eigenvalue weighted by atomic mass is 9.95. The number of piperidine rings is 1. The van der Waals surface area contributed by atoms with Crippen molar-refractivity contribution in [3.05, 3.63) is 38.3 Å². The number of amides is 1. The molecule has 3 aliphatic rings. The van der Waals surface area contributed by atoms with E-state index < -0.39 is 11.4 Å². The maximum Gasteiger partial charge on any atom is 0.410 e. The van der Waals surface area contributed by atoms with Crippen molar-refractivity contribution in [3.63, 3.8) is 0 Å². The minimum Gasteiger partial charge on any atom is -0.444 e. The highest BCUT2D eigenvalue weighted by atomic mass is 127. The molecule has 2 aromatic heterocycles. The van der Waals surface area contributed by atoms with Crippen molar-refractivity contribution in [3.8, 4) is 11.1 Å². The number of likely N-dealkylation sites (tertiary alicyclic amines) is 1. The van der Waals surface area contributed by atoms with E-state index in [0.717, 1.165) is 52.1 Å². The van der Waals surface area contributed by atoms with Gasteiger partial charge in [-0.3, -0.25) is 5.10 Å². The van der Waals surface area contributed by atoms with Gasteiger partial charge in [0, 0.05) is 72.2 Å². The second-order valence-electron chi connectivity index (χ2n) is 14.7. The standard InChI is InChI=1S/C35H43ClFIN8O2/c1-18-7-10-25-28(31(38)43-42-25)26(18)27-24(36)15-23-30(29(27)37)40-33(39-21-11-13-44(14-12-21)22-8-9-22)41-32(23)45-16-20(3)46(17-19(45)2)34(47)48-35(4,5)6/h7,10,15,19-22H,8-9,11-14,16-17H2,1-6H3,(H,42,43)(H,39,40,41)/t19-,20+/m0/s1. The molecule has 2 aromatic carbocycles. The number of hydrogen-bond donors (Lipinski definition) is 2. The number of benzene rings is 2. The van der Waals surface area contributed by atoms with E-state index in [9.17, 15) is 4.79 Å². The van der Waals surface area contributed by atoms with Gasteiger partial charge >= 0.3 is 6.09 Å². The number of ether oxygens (including phenoxy) is 1. The topological polar surface area (TPSA) is 103 Å². The third-order valence-electron chi connectivity index (χ3n) is 9.81. The fourth-order valence-electron chi connectivity index (χ4n) is 7.22. The van der Waals surface area contributed by atoms with Crippen molar-refractivity contribution >= 4 is 73.9 Å². The molecule has 1 amide bonds. The highest BCUT2D eigenvalue weighted by Crippen LogP contribution is 2.43. The summed E-state index contributed by atoms with van der Waals surface area (Å²) >= 11 is 9.23. The van der Waals surface area contributed by atoms with Gasteiger partial charge in [-0.2, -0.15) is 10.1 Å². The molecule has 13 heteroatoms. The Hall–Kier alpha value is -2.97. The summed E-state index contributed by atoms with van der Waals surface area (Å²) in [4.78, 5) is 29.6. The molecular formula is C35H43ClFIN8O2. The summed E-state index contributed by atoms with van der Waals surface area (Å²) in [5, 5.41) is 12.7. The minimum atomic E-state index is -0.599.